The smallest absolute Gasteiger partial charge is 0.335 e. The van der Waals surface area contributed by atoms with Crippen molar-refractivity contribution < 1.29 is 53.4 Å². The number of aliphatic hydroxyl groups is 4. The van der Waals surface area contributed by atoms with E-state index in [4.69, 9.17) is 18.6 Å². The molecular formula is C32H42O12. The van der Waals surface area contributed by atoms with Crippen molar-refractivity contribution >= 4 is 18.0 Å². The van der Waals surface area contributed by atoms with E-state index in [0.29, 0.717) is 24.7 Å². The summed E-state index contributed by atoms with van der Waals surface area (Å²) in [5, 5.41) is 47.1. The summed E-state index contributed by atoms with van der Waals surface area (Å²) in [5.41, 5.74) is -6.12. The lowest BCUT2D eigenvalue weighted by Crippen LogP contribution is -2.74. The first-order chi connectivity index (χ1) is 20.7. The van der Waals surface area contributed by atoms with Gasteiger partial charge in [0, 0.05) is 37.7 Å². The average Bonchev–Trinajstić information content (AvgIpc) is 3.25. The van der Waals surface area contributed by atoms with E-state index in [1.165, 1.54) is 19.3 Å². The second-order valence-corrected chi connectivity index (χ2v) is 14.0. The molecule has 242 valence electrons. The van der Waals surface area contributed by atoms with E-state index < -0.39 is 87.9 Å². The Morgan fingerprint density at radius 1 is 1.09 bits per heavy atom. The largest absolute Gasteiger partial charge is 0.459 e. The van der Waals surface area contributed by atoms with E-state index in [9.17, 15) is 39.6 Å². The van der Waals surface area contributed by atoms with Gasteiger partial charge in [0.15, 0.2) is 12.1 Å². The Hall–Kier alpha value is -2.48. The van der Waals surface area contributed by atoms with E-state index in [1.54, 1.807) is 19.9 Å². The molecule has 6 rings (SSSR count). The van der Waals surface area contributed by atoms with Crippen molar-refractivity contribution in [3.8, 4) is 0 Å². The molecule has 0 aromatic carbocycles. The van der Waals surface area contributed by atoms with Crippen molar-refractivity contribution in [2.75, 3.05) is 0 Å². The minimum Gasteiger partial charge on any atom is -0.459 e. The van der Waals surface area contributed by atoms with Gasteiger partial charge in [-0.1, -0.05) is 0 Å². The van der Waals surface area contributed by atoms with Gasteiger partial charge in [-0.15, -0.1) is 0 Å². The van der Waals surface area contributed by atoms with E-state index in [2.05, 4.69) is 0 Å². The number of rotatable bonds is 5. The van der Waals surface area contributed by atoms with Crippen LogP contribution in [-0.2, 0) is 28.6 Å². The molecule has 5 fully saturated rings. The fourth-order valence-corrected chi connectivity index (χ4v) is 9.79. The molecule has 12 nitrogen and oxygen atoms in total. The van der Waals surface area contributed by atoms with E-state index in [0.717, 1.165) is 0 Å². The van der Waals surface area contributed by atoms with Crippen molar-refractivity contribution in [3.05, 3.63) is 34.4 Å². The third-order valence-electron chi connectivity index (χ3n) is 11.9. The number of hydrogen-bond acceptors (Lipinski definition) is 12. The monoisotopic (exact) mass is 618 g/mol. The molecule has 4 N–H and O–H groups in total. The molecule has 13 atom stereocenters. The standard InChI is InChI=1S/C32H42O12/c1-16-12-22(43-17(2)34)25(36)28(42-16)44-19-6-9-30(15-33)24-21(7-10-31(30,39)13-19)32(40)11-8-20(18-4-5-23(35)41-14-18)29(32,3)27(38)26(24)37/h4-5,14-16,19-22,24-26,28,36-37,39-40H,6-13H2,1-3H3/t16-,19-,20+,21+,22+,24-,25-,26-,28+,29-,30-,31+,32-/m0/s1. The number of hydrogen-bond donors (Lipinski definition) is 4. The number of carbonyl (C=O) groups is 3. The van der Waals surface area contributed by atoms with E-state index in [-0.39, 0.29) is 44.6 Å². The summed E-state index contributed by atoms with van der Waals surface area (Å²) in [6.07, 6.45) is -2.24. The molecular weight excluding hydrogens is 576 g/mol. The van der Waals surface area contributed by atoms with Crippen LogP contribution in [0, 0.1) is 22.7 Å². The third-order valence-corrected chi connectivity index (χ3v) is 11.9. The van der Waals surface area contributed by atoms with Gasteiger partial charge in [-0.3, -0.25) is 9.59 Å². The molecule has 4 aliphatic carbocycles. The molecule has 2 heterocycles. The fraction of sp³-hybridized carbons (Fsp3) is 0.750. The van der Waals surface area contributed by atoms with Crippen molar-refractivity contribution in [2.24, 2.45) is 22.7 Å². The predicted molar refractivity (Wildman–Crippen MR) is 150 cm³/mol. The zero-order valence-electron chi connectivity index (χ0n) is 25.2. The van der Waals surface area contributed by atoms with Crippen LogP contribution in [0.15, 0.2) is 27.6 Å². The van der Waals surface area contributed by atoms with Gasteiger partial charge < -0.3 is 43.8 Å². The minimum absolute atomic E-state index is 0.0174. The summed E-state index contributed by atoms with van der Waals surface area (Å²) in [7, 11) is 0. The highest BCUT2D eigenvalue weighted by Gasteiger charge is 2.76. The Bertz CT molecular complexity index is 1360. The lowest BCUT2D eigenvalue weighted by atomic mass is 9.40. The van der Waals surface area contributed by atoms with Gasteiger partial charge in [-0.05, 0) is 69.9 Å². The van der Waals surface area contributed by atoms with Crippen LogP contribution < -0.4 is 5.63 Å². The molecule has 0 amide bonds. The Kier molecular flexibility index (Phi) is 7.74. The number of fused-ring (bicyclic) bond motifs is 5. The van der Waals surface area contributed by atoms with Crippen LogP contribution in [0.4, 0.5) is 0 Å². The van der Waals surface area contributed by atoms with Crippen LogP contribution in [0.25, 0.3) is 0 Å². The number of aliphatic hydroxyl groups excluding tert-OH is 2. The van der Waals surface area contributed by atoms with Crippen molar-refractivity contribution in [1.82, 2.24) is 0 Å². The summed E-state index contributed by atoms with van der Waals surface area (Å²) in [6, 6.07) is 2.84. The highest BCUT2D eigenvalue weighted by Crippen LogP contribution is 2.70. The number of ether oxygens (including phenoxy) is 3. The van der Waals surface area contributed by atoms with Gasteiger partial charge in [0.05, 0.1) is 40.5 Å². The first-order valence-electron chi connectivity index (χ1n) is 15.6. The molecule has 0 spiro atoms. The van der Waals surface area contributed by atoms with Gasteiger partial charge in [0.25, 0.3) is 0 Å². The van der Waals surface area contributed by atoms with Crippen LogP contribution in [0.1, 0.15) is 83.6 Å². The molecule has 44 heavy (non-hydrogen) atoms. The van der Waals surface area contributed by atoms with E-state index >= 15 is 0 Å². The van der Waals surface area contributed by atoms with Crippen LogP contribution in [0.3, 0.4) is 0 Å². The molecule has 4 saturated carbocycles. The normalized spacial score (nSPS) is 48.5. The summed E-state index contributed by atoms with van der Waals surface area (Å²) in [4.78, 5) is 50.4. The maximum atomic E-state index is 14.2. The third kappa shape index (κ3) is 4.39. The molecule has 0 unspecified atom stereocenters. The zero-order valence-corrected chi connectivity index (χ0v) is 25.2. The first kappa shape index (κ1) is 31.5. The Morgan fingerprint density at radius 3 is 2.50 bits per heavy atom. The van der Waals surface area contributed by atoms with Crippen LogP contribution >= 0.6 is 0 Å². The number of aldehydes is 1. The number of esters is 1. The predicted octanol–water partition coefficient (Wildman–Crippen LogP) is 1.14. The second kappa shape index (κ2) is 10.8. The lowest BCUT2D eigenvalue weighted by molar-refractivity contribution is -0.301. The fourth-order valence-electron chi connectivity index (χ4n) is 9.79. The zero-order chi connectivity index (χ0) is 31.8. The lowest BCUT2D eigenvalue weighted by Gasteiger charge is -2.65. The van der Waals surface area contributed by atoms with Gasteiger partial charge >= 0.3 is 11.6 Å². The molecule has 0 radical (unpaired) electrons. The van der Waals surface area contributed by atoms with Crippen LogP contribution in [0.2, 0.25) is 0 Å². The molecule has 0 bridgehead atoms. The Balaban J connectivity index is 1.27. The van der Waals surface area contributed by atoms with Crippen molar-refractivity contribution in [1.29, 1.82) is 0 Å². The topological polar surface area (TPSA) is 190 Å². The quantitative estimate of drug-likeness (QED) is 0.209. The van der Waals surface area contributed by atoms with Gasteiger partial charge in [0.2, 0.25) is 0 Å². The molecule has 1 aromatic rings. The van der Waals surface area contributed by atoms with Crippen molar-refractivity contribution in [2.45, 2.75) is 126 Å². The summed E-state index contributed by atoms with van der Waals surface area (Å²) < 4.78 is 22.3. The highest BCUT2D eigenvalue weighted by molar-refractivity contribution is 5.93. The maximum Gasteiger partial charge on any atom is 0.335 e. The molecule has 1 aromatic heterocycles. The summed E-state index contributed by atoms with van der Waals surface area (Å²) in [6.45, 7) is 4.67. The van der Waals surface area contributed by atoms with Crippen LogP contribution in [0.5, 0.6) is 0 Å². The number of ketones is 1. The SMILES string of the molecule is CC(=O)O[C@@H]1C[C@H](C)O[C@H](O[C@H]2CC[C@]3(C=O)[C@@H]4[C@H](O)C(=O)[C@]5(C)[C@@H](c6ccc(=O)oc6)CC[C@]5(O)[C@@H]4CC[C@@]3(O)C2)[C@H]1O. The van der Waals surface area contributed by atoms with Crippen molar-refractivity contribution in [3.63, 3.8) is 0 Å². The molecule has 5 aliphatic rings. The Labute approximate surface area is 254 Å². The number of Topliss-reactive ketones (excluding diaryl/α,β-unsaturated/α-hetero) is 1. The first-order valence-corrected chi connectivity index (χ1v) is 15.6. The summed E-state index contributed by atoms with van der Waals surface area (Å²) >= 11 is 0. The van der Waals surface area contributed by atoms with Crippen LogP contribution in [-0.4, -0.2) is 86.5 Å². The summed E-state index contributed by atoms with van der Waals surface area (Å²) in [5.74, 6) is -3.33. The minimum atomic E-state index is -1.66. The molecule has 1 saturated heterocycles. The van der Waals surface area contributed by atoms with Gasteiger partial charge in [-0.2, -0.15) is 0 Å². The highest BCUT2D eigenvalue weighted by atomic mass is 16.7. The Morgan fingerprint density at radius 2 is 1.84 bits per heavy atom. The average molecular weight is 619 g/mol. The second-order valence-electron chi connectivity index (χ2n) is 14.0. The molecule has 12 heteroatoms. The van der Waals surface area contributed by atoms with E-state index in [1.807, 2.05) is 0 Å². The van der Waals surface area contributed by atoms with Gasteiger partial charge in [-0.25, -0.2) is 4.79 Å². The molecule has 1 aliphatic heterocycles. The van der Waals surface area contributed by atoms with Gasteiger partial charge in [0.1, 0.15) is 24.6 Å². The number of carbonyl (C=O) groups excluding carboxylic acids is 3. The maximum absolute atomic E-state index is 14.2.